The molecule has 0 radical (unpaired) electrons. The first-order chi connectivity index (χ1) is 60.2. The molecule has 3 aliphatic carbocycles. The van der Waals surface area contributed by atoms with E-state index in [1.807, 2.05) is 35.6 Å². The quantitative estimate of drug-likeness (QED) is 0.114. The highest BCUT2D eigenvalue weighted by Gasteiger charge is 2.38. The zero-order valence-electron chi connectivity index (χ0n) is 69.3. The van der Waals surface area contributed by atoms with Gasteiger partial charge in [-0.15, -0.1) is 11.3 Å². The van der Waals surface area contributed by atoms with Crippen LogP contribution in [0, 0.1) is 0 Å². The Bertz CT molecular complexity index is 7750. The Morgan fingerprint density at radius 3 is 1.13 bits per heavy atom. The van der Waals surface area contributed by atoms with E-state index in [0.717, 1.165) is 83.6 Å². The molecule has 18 aromatic carbocycles. The van der Waals surface area contributed by atoms with Gasteiger partial charge in [0.15, 0.2) is 0 Å². The van der Waals surface area contributed by atoms with Gasteiger partial charge in [-0.25, -0.2) is 0 Å². The van der Waals surface area contributed by atoms with E-state index in [1.54, 1.807) is 0 Å². The molecule has 0 spiro atoms. The fraction of sp³-hybridized carbons (Fsp3) is 0.0769. The first-order valence-corrected chi connectivity index (χ1v) is 43.4. The molecule has 3 aliphatic rings. The van der Waals surface area contributed by atoms with Gasteiger partial charge in [0.25, 0.3) is 0 Å². The van der Waals surface area contributed by atoms with E-state index in [4.69, 9.17) is 8.83 Å². The Kier molecular flexibility index (Phi) is 18.1. The minimum absolute atomic E-state index is 0.0300. The molecule has 0 unspecified atom stereocenters. The second-order valence-electron chi connectivity index (χ2n) is 34.4. The van der Waals surface area contributed by atoms with Crippen LogP contribution in [-0.4, -0.2) is 0 Å². The van der Waals surface area contributed by atoms with Gasteiger partial charge in [0.1, 0.15) is 22.3 Å². The van der Waals surface area contributed by atoms with Crippen LogP contribution in [0.2, 0.25) is 0 Å². The Hall–Kier alpha value is -14.8. The van der Waals surface area contributed by atoms with Gasteiger partial charge in [0.2, 0.25) is 0 Å². The number of para-hydroxylation sites is 2. The Balaban J connectivity index is 0.000000110. The second-order valence-corrected chi connectivity index (χ2v) is 35.5. The van der Waals surface area contributed by atoms with E-state index >= 15 is 0 Å². The van der Waals surface area contributed by atoms with E-state index in [9.17, 15) is 0 Å². The van der Waals surface area contributed by atoms with Crippen LogP contribution in [0.3, 0.4) is 0 Å². The molecule has 123 heavy (non-hydrogen) atoms. The highest BCUT2D eigenvalue weighted by molar-refractivity contribution is 7.26. The third-order valence-corrected chi connectivity index (χ3v) is 27.1. The number of anilines is 6. The Morgan fingerprint density at radius 1 is 0.195 bits per heavy atom. The summed E-state index contributed by atoms with van der Waals surface area (Å²) in [7, 11) is 0. The van der Waals surface area contributed by atoms with Crippen molar-refractivity contribution < 1.29 is 8.83 Å². The molecule has 3 heterocycles. The van der Waals surface area contributed by atoms with Crippen molar-refractivity contribution in [1.29, 1.82) is 0 Å². The summed E-state index contributed by atoms with van der Waals surface area (Å²) in [5.41, 5.74) is 40.7. The van der Waals surface area contributed by atoms with E-state index in [1.165, 1.54) is 148 Å². The predicted octanol–water partition coefficient (Wildman–Crippen LogP) is 33.4. The molecule has 6 heteroatoms. The third kappa shape index (κ3) is 13.0. The van der Waals surface area contributed by atoms with Crippen LogP contribution in [-0.2, 0) is 16.2 Å². The number of thiophene rings is 1. The lowest BCUT2D eigenvalue weighted by Gasteiger charge is -2.22. The molecular weight excluding hydrogens is 1510 g/mol. The van der Waals surface area contributed by atoms with Gasteiger partial charge in [0, 0.05) is 97.6 Å². The summed E-state index contributed by atoms with van der Waals surface area (Å²) in [5.74, 6) is 0. The molecule has 3 aromatic heterocycles. The van der Waals surface area contributed by atoms with Gasteiger partial charge in [-0.3, -0.25) is 0 Å². The first kappa shape index (κ1) is 74.5. The van der Waals surface area contributed by atoms with E-state index in [2.05, 4.69) is 434 Å². The van der Waals surface area contributed by atoms with Crippen LogP contribution in [0.5, 0.6) is 0 Å². The SMILES string of the molecule is CC1(C)c2ccccc2-c2ccc(Nc3cc(-c4ccccc4)cc(-c4cccc5oc6ccccc6c45)c3)cc21.CC1(C)c2ccccc2-c2ccc(Nc3ccc(-c4cccc5oc6ccccc6c45)c(-c4ccccc4)c3)cc21.CC1(C)c2ccccc2-c2ccc(Nc3ccc(-c4cccc5sc6ccccc6c45)cc3-c3ccccc3)cc21. The van der Waals surface area contributed by atoms with E-state index in [-0.39, 0.29) is 16.2 Å². The second kappa shape index (κ2) is 29.9. The number of benzene rings is 18. The lowest BCUT2D eigenvalue weighted by atomic mass is 9.82. The zero-order valence-corrected chi connectivity index (χ0v) is 70.1. The highest BCUT2D eigenvalue weighted by atomic mass is 32.1. The smallest absolute Gasteiger partial charge is 0.136 e. The van der Waals surface area contributed by atoms with Crippen molar-refractivity contribution in [2.75, 3.05) is 16.0 Å². The van der Waals surface area contributed by atoms with Crippen LogP contribution in [0.25, 0.3) is 164 Å². The van der Waals surface area contributed by atoms with Crippen LogP contribution >= 0.6 is 11.3 Å². The summed E-state index contributed by atoms with van der Waals surface area (Å²) < 4.78 is 15.1. The van der Waals surface area contributed by atoms with E-state index in [0.29, 0.717) is 0 Å². The van der Waals surface area contributed by atoms with Crippen LogP contribution in [0.15, 0.2) is 409 Å². The van der Waals surface area contributed by atoms with Gasteiger partial charge in [-0.05, 0) is 243 Å². The Labute approximate surface area is 720 Å². The number of nitrogens with one attached hydrogen (secondary N) is 3. The predicted molar refractivity (Wildman–Crippen MR) is 521 cm³/mol. The molecule has 24 rings (SSSR count). The summed E-state index contributed by atoms with van der Waals surface area (Å²) >= 11 is 1.87. The largest absolute Gasteiger partial charge is 0.456 e. The third-order valence-electron chi connectivity index (χ3n) is 26.0. The molecule has 0 bridgehead atoms. The zero-order chi connectivity index (χ0) is 82.7. The van der Waals surface area contributed by atoms with Gasteiger partial charge in [0.05, 0.1) is 0 Å². The molecule has 21 aromatic rings. The summed E-state index contributed by atoms with van der Waals surface area (Å²) in [6, 6.07) is 144. The van der Waals surface area contributed by atoms with Crippen molar-refractivity contribution in [2.45, 2.75) is 57.8 Å². The minimum Gasteiger partial charge on any atom is -0.456 e. The monoisotopic (exact) mass is 1600 g/mol. The molecule has 0 amide bonds. The summed E-state index contributed by atoms with van der Waals surface area (Å²) in [6.07, 6.45) is 0. The topological polar surface area (TPSA) is 62.4 Å². The van der Waals surface area contributed by atoms with Crippen molar-refractivity contribution >= 4 is 110 Å². The van der Waals surface area contributed by atoms with Crippen molar-refractivity contribution in [1.82, 2.24) is 0 Å². The van der Waals surface area contributed by atoms with Crippen LogP contribution in [0.4, 0.5) is 34.1 Å². The summed E-state index contributed by atoms with van der Waals surface area (Å²) in [4.78, 5) is 0. The van der Waals surface area contributed by atoms with Gasteiger partial charge in [-0.2, -0.15) is 0 Å². The molecule has 3 N–H and O–H groups in total. The van der Waals surface area contributed by atoms with Crippen molar-refractivity contribution in [2.24, 2.45) is 0 Å². The van der Waals surface area contributed by atoms with Crippen LogP contribution in [0.1, 0.15) is 74.9 Å². The van der Waals surface area contributed by atoms with Crippen molar-refractivity contribution in [3.8, 4) is 100 Å². The standard InChI is InChI=1S/2C39H29NO.C39H29NS/c1-39(2)34-16-8-6-13-29(34)30-22-20-27(24-35(30)39)40-26-19-21-28(33(23-26)25-11-4-3-5-12-25)31-15-10-18-37-38(31)32-14-7-9-17-36(32)41-37;1-39(2)34-16-8-6-13-31(34)32-20-19-28(24-35(32)39)40-29-22-26(25-11-4-3-5-12-25)21-27(23-29)30-15-10-18-37-38(30)33-14-7-9-17-36(33)41-37;1-39(2)33-16-8-6-13-29(33)30-21-20-27(24-34(30)39)40-35-22-19-26(23-32(35)25-11-4-3-5-12-25)28-15-10-18-37-38(28)31-14-7-9-17-36(31)41-37/h3*3-24,40H,1-2H3. The van der Waals surface area contributed by atoms with Crippen LogP contribution < -0.4 is 16.0 Å². The summed E-state index contributed by atoms with van der Waals surface area (Å²) in [5, 5.41) is 18.6. The van der Waals surface area contributed by atoms with E-state index < -0.39 is 0 Å². The van der Waals surface area contributed by atoms with Gasteiger partial charge in [-0.1, -0.05) is 327 Å². The number of hydrogen-bond donors (Lipinski definition) is 3. The maximum absolute atomic E-state index is 6.23. The maximum atomic E-state index is 6.23. The molecule has 0 fully saturated rings. The number of rotatable bonds is 12. The average molecular weight is 1600 g/mol. The molecule has 588 valence electrons. The molecule has 0 aliphatic heterocycles. The minimum atomic E-state index is -0.0430. The average Bonchev–Trinajstić information content (AvgIpc) is 1.60. The molecule has 5 nitrogen and oxygen atoms in total. The van der Waals surface area contributed by atoms with Crippen molar-refractivity contribution in [3.63, 3.8) is 0 Å². The molecule has 0 saturated heterocycles. The highest BCUT2D eigenvalue weighted by Crippen LogP contribution is 2.54. The number of hydrogen-bond acceptors (Lipinski definition) is 6. The fourth-order valence-electron chi connectivity index (χ4n) is 19.9. The number of fused-ring (bicyclic) bond motifs is 18. The fourth-order valence-corrected chi connectivity index (χ4v) is 21.0. The first-order valence-electron chi connectivity index (χ1n) is 42.6. The maximum Gasteiger partial charge on any atom is 0.136 e. The van der Waals surface area contributed by atoms with Gasteiger partial charge < -0.3 is 24.8 Å². The Morgan fingerprint density at radius 2 is 0.577 bits per heavy atom. The number of furan rings is 2. The van der Waals surface area contributed by atoms with Gasteiger partial charge >= 0.3 is 0 Å². The summed E-state index contributed by atoms with van der Waals surface area (Å²) in [6.45, 7) is 14.0. The molecule has 0 atom stereocenters. The van der Waals surface area contributed by atoms with Crippen molar-refractivity contribution in [3.05, 3.63) is 434 Å². The molecular formula is C117H87N3O2S. The normalized spacial score (nSPS) is 13.3. The molecule has 0 saturated carbocycles. The lowest BCUT2D eigenvalue weighted by molar-refractivity contribution is 0.660. The lowest BCUT2D eigenvalue weighted by Crippen LogP contribution is -2.15.